The lowest BCUT2D eigenvalue weighted by Crippen LogP contribution is -2.40. The van der Waals surface area contributed by atoms with E-state index in [-0.39, 0.29) is 17.6 Å². The Morgan fingerprint density at radius 1 is 1.00 bits per heavy atom. The number of hydrogen-bond acceptors (Lipinski definition) is 5. The average molecular weight is 538 g/mol. The van der Waals surface area contributed by atoms with Crippen molar-refractivity contribution in [1.29, 1.82) is 0 Å². The van der Waals surface area contributed by atoms with Crippen molar-refractivity contribution in [1.82, 2.24) is 10.6 Å². The Hall–Kier alpha value is -4.39. The van der Waals surface area contributed by atoms with Crippen molar-refractivity contribution in [3.8, 4) is 22.5 Å². The highest BCUT2D eigenvalue weighted by Crippen LogP contribution is 2.41. The third-order valence-electron chi connectivity index (χ3n) is 7.61. The molecule has 1 aromatic heterocycles. The highest BCUT2D eigenvalue weighted by molar-refractivity contribution is 6.13. The highest BCUT2D eigenvalue weighted by atomic mass is 16.3. The first-order chi connectivity index (χ1) is 19.3. The molecule has 1 atom stereocenters. The monoisotopic (exact) mass is 537 g/mol. The van der Waals surface area contributed by atoms with E-state index < -0.39 is 6.04 Å². The van der Waals surface area contributed by atoms with Crippen molar-refractivity contribution in [2.24, 2.45) is 0 Å². The number of nitrogens with one attached hydrogen (secondary N) is 2. The zero-order valence-corrected chi connectivity index (χ0v) is 23.5. The molecule has 3 aromatic carbocycles. The van der Waals surface area contributed by atoms with E-state index in [4.69, 9.17) is 4.42 Å². The van der Waals surface area contributed by atoms with Crippen LogP contribution in [0.3, 0.4) is 0 Å². The maximum absolute atomic E-state index is 13.3. The molecule has 7 nitrogen and oxygen atoms in total. The molecule has 2 heterocycles. The van der Waals surface area contributed by atoms with Gasteiger partial charge in [0, 0.05) is 59.9 Å². The predicted molar refractivity (Wildman–Crippen MR) is 159 cm³/mol. The molecule has 2 N–H and O–H groups in total. The number of ketones is 1. The van der Waals surface area contributed by atoms with Crippen LogP contribution >= 0.6 is 0 Å². The molecule has 206 valence electrons. The third-order valence-corrected chi connectivity index (χ3v) is 7.61. The number of aryl methyl sites for hydroxylation is 1. The number of carbonyl (C=O) groups is 3. The molecule has 0 radical (unpaired) electrons. The fourth-order valence-electron chi connectivity index (χ4n) is 5.35. The van der Waals surface area contributed by atoms with E-state index in [1.165, 1.54) is 0 Å². The van der Waals surface area contributed by atoms with Gasteiger partial charge in [0.2, 0.25) is 5.91 Å². The minimum atomic E-state index is -0.521. The van der Waals surface area contributed by atoms with Gasteiger partial charge in [-0.1, -0.05) is 48.9 Å². The predicted octanol–water partition coefficient (Wildman–Crippen LogP) is 6.13. The number of amides is 2. The Kier molecular flexibility index (Phi) is 7.74. The molecule has 0 bridgehead atoms. The van der Waals surface area contributed by atoms with Gasteiger partial charge in [-0.25, -0.2) is 0 Å². The lowest BCUT2D eigenvalue weighted by molar-refractivity contribution is -0.120. The summed E-state index contributed by atoms with van der Waals surface area (Å²) >= 11 is 0. The fourth-order valence-corrected chi connectivity index (χ4v) is 5.35. The van der Waals surface area contributed by atoms with E-state index in [0.717, 1.165) is 46.4 Å². The summed E-state index contributed by atoms with van der Waals surface area (Å²) in [6, 6.07) is 18.9. The molecule has 1 saturated heterocycles. The van der Waals surface area contributed by atoms with Crippen molar-refractivity contribution < 1.29 is 18.8 Å². The number of hydrogen-bond donors (Lipinski definition) is 2. The molecule has 2 amide bonds. The van der Waals surface area contributed by atoms with Crippen molar-refractivity contribution in [2.75, 3.05) is 24.5 Å². The van der Waals surface area contributed by atoms with Crippen LogP contribution in [-0.2, 0) is 4.79 Å². The normalized spacial score (nSPS) is 14.8. The first-order valence-corrected chi connectivity index (χ1v) is 14.0. The van der Waals surface area contributed by atoms with Crippen molar-refractivity contribution in [2.45, 2.75) is 46.6 Å². The largest absolute Gasteiger partial charge is 0.455 e. The van der Waals surface area contributed by atoms with Crippen LogP contribution in [-0.4, -0.2) is 43.3 Å². The van der Waals surface area contributed by atoms with Crippen LogP contribution in [0.2, 0.25) is 0 Å². The number of rotatable bonds is 9. The van der Waals surface area contributed by atoms with E-state index in [0.29, 0.717) is 41.9 Å². The van der Waals surface area contributed by atoms with Crippen molar-refractivity contribution >= 4 is 34.3 Å². The number of fused-ring (bicyclic) bond motifs is 1. The van der Waals surface area contributed by atoms with Crippen LogP contribution in [0.1, 0.15) is 59.9 Å². The Labute approximate surface area is 234 Å². The van der Waals surface area contributed by atoms with Crippen LogP contribution < -0.4 is 15.5 Å². The quantitative estimate of drug-likeness (QED) is 0.251. The second kappa shape index (κ2) is 11.4. The number of furan rings is 1. The lowest BCUT2D eigenvalue weighted by atomic mass is 9.95. The number of nitrogens with zero attached hydrogens (tertiary/aromatic N) is 1. The van der Waals surface area contributed by atoms with E-state index >= 15 is 0 Å². The highest BCUT2D eigenvalue weighted by Gasteiger charge is 2.27. The van der Waals surface area contributed by atoms with Gasteiger partial charge >= 0.3 is 0 Å². The minimum Gasteiger partial charge on any atom is -0.455 e. The third kappa shape index (κ3) is 5.11. The summed E-state index contributed by atoms with van der Waals surface area (Å²) in [6.07, 6.45) is 0.927. The topological polar surface area (TPSA) is 91.7 Å². The molecule has 1 aliphatic heterocycles. The Balaban J connectivity index is 1.67. The summed E-state index contributed by atoms with van der Waals surface area (Å²) in [4.78, 5) is 40.6. The van der Waals surface area contributed by atoms with Crippen LogP contribution in [0.5, 0.6) is 0 Å². The number of benzene rings is 3. The molecule has 1 fully saturated rings. The molecular formula is C33H35N3O4. The summed E-state index contributed by atoms with van der Waals surface area (Å²) in [6.45, 7) is 10.2. The first kappa shape index (κ1) is 27.2. The summed E-state index contributed by atoms with van der Waals surface area (Å²) in [5.74, 6) is 0.142. The zero-order chi connectivity index (χ0) is 28.4. The lowest BCUT2D eigenvalue weighted by Gasteiger charge is -2.24. The van der Waals surface area contributed by atoms with Crippen molar-refractivity contribution in [3.05, 3.63) is 77.4 Å². The van der Waals surface area contributed by atoms with Crippen LogP contribution in [0.25, 0.3) is 33.4 Å². The SMILES string of the molecule is CCC(=O)c1c(-c2ccc(C)cc2)oc2cc(N(CC)CC)c(-c3cccc(C(=O)NC4CCNC4=O)c3)cc12. The molecule has 5 rings (SSSR count). The maximum atomic E-state index is 13.3. The number of carbonyl (C=O) groups excluding carboxylic acids is 3. The van der Waals surface area contributed by atoms with Gasteiger partial charge in [0.1, 0.15) is 17.4 Å². The second-order valence-electron chi connectivity index (χ2n) is 10.2. The van der Waals surface area contributed by atoms with E-state index in [2.05, 4.69) is 29.4 Å². The summed E-state index contributed by atoms with van der Waals surface area (Å²) < 4.78 is 6.42. The Bertz CT molecular complexity index is 1580. The van der Waals surface area contributed by atoms with Gasteiger partial charge in [-0.15, -0.1) is 0 Å². The molecule has 0 spiro atoms. The van der Waals surface area contributed by atoms with Gasteiger partial charge in [0.25, 0.3) is 5.91 Å². The molecule has 1 aliphatic rings. The maximum Gasteiger partial charge on any atom is 0.251 e. The van der Waals surface area contributed by atoms with Crippen LogP contribution in [0.15, 0.2) is 65.1 Å². The smallest absolute Gasteiger partial charge is 0.251 e. The first-order valence-electron chi connectivity index (χ1n) is 14.0. The summed E-state index contributed by atoms with van der Waals surface area (Å²) in [5.41, 5.74) is 6.41. The van der Waals surface area contributed by atoms with Gasteiger partial charge in [-0.3, -0.25) is 14.4 Å². The average Bonchev–Trinajstić information content (AvgIpc) is 3.55. The molecule has 0 aliphatic carbocycles. The summed E-state index contributed by atoms with van der Waals surface area (Å²) in [5, 5.41) is 6.36. The summed E-state index contributed by atoms with van der Waals surface area (Å²) in [7, 11) is 0. The van der Waals surface area contributed by atoms with Gasteiger partial charge in [-0.2, -0.15) is 0 Å². The molecule has 1 unspecified atom stereocenters. The minimum absolute atomic E-state index is 0.0128. The molecule has 7 heteroatoms. The van der Waals surface area contributed by atoms with Crippen LogP contribution in [0.4, 0.5) is 5.69 Å². The van der Waals surface area contributed by atoms with Crippen molar-refractivity contribution in [3.63, 3.8) is 0 Å². The van der Waals surface area contributed by atoms with E-state index in [1.807, 2.05) is 68.4 Å². The Morgan fingerprint density at radius 3 is 2.40 bits per heavy atom. The molecular weight excluding hydrogens is 502 g/mol. The zero-order valence-electron chi connectivity index (χ0n) is 23.5. The molecule has 40 heavy (non-hydrogen) atoms. The van der Waals surface area contributed by atoms with Crippen LogP contribution in [0, 0.1) is 6.92 Å². The number of Topliss-reactive ketones (excluding diaryl/α,β-unsaturated/α-hetero) is 1. The van der Waals surface area contributed by atoms with E-state index in [1.54, 1.807) is 6.07 Å². The van der Waals surface area contributed by atoms with Gasteiger partial charge in [0.05, 0.1) is 5.56 Å². The van der Waals surface area contributed by atoms with E-state index in [9.17, 15) is 14.4 Å². The number of anilines is 1. The van der Waals surface area contributed by atoms with Gasteiger partial charge in [-0.05, 0) is 51.0 Å². The Morgan fingerprint density at radius 2 is 1.75 bits per heavy atom. The molecule has 0 saturated carbocycles. The van der Waals surface area contributed by atoms with Gasteiger partial charge < -0.3 is 20.0 Å². The second-order valence-corrected chi connectivity index (χ2v) is 10.2. The van der Waals surface area contributed by atoms with Gasteiger partial charge in [0.15, 0.2) is 5.78 Å². The standard InChI is InChI=1S/C33H35N3O4/c1-5-28(37)30-25-18-24(22-9-8-10-23(17-22)32(38)35-26-15-16-34-33(26)39)27(36(6-2)7-3)19-29(25)40-31(30)21-13-11-20(4)12-14-21/h8-14,17-19,26H,5-7,15-16H2,1-4H3,(H,34,39)(H,35,38). The fraction of sp³-hybridized carbons (Fsp3) is 0.303. The molecule has 4 aromatic rings.